The summed E-state index contributed by atoms with van der Waals surface area (Å²) in [7, 11) is 0. The SMILES string of the molecule is Cc1cc(CC2(N)CC2)c(C)s1. The van der Waals surface area contributed by atoms with Gasteiger partial charge in [-0.2, -0.15) is 0 Å². The Hall–Kier alpha value is -0.340. The lowest BCUT2D eigenvalue weighted by molar-refractivity contribution is 0.671. The molecule has 0 radical (unpaired) electrons. The van der Waals surface area contributed by atoms with Gasteiger partial charge in [-0.3, -0.25) is 0 Å². The third kappa shape index (κ3) is 1.54. The lowest BCUT2D eigenvalue weighted by Gasteiger charge is -2.06. The highest BCUT2D eigenvalue weighted by Crippen LogP contribution is 2.37. The fourth-order valence-electron chi connectivity index (χ4n) is 1.58. The smallest absolute Gasteiger partial charge is 0.0196 e. The zero-order valence-electron chi connectivity index (χ0n) is 7.68. The Kier molecular flexibility index (Phi) is 1.77. The lowest BCUT2D eigenvalue weighted by atomic mass is 10.1. The molecular formula is C10H15NS. The number of thiophene rings is 1. The molecule has 1 aromatic heterocycles. The molecule has 1 aromatic rings. The zero-order chi connectivity index (χ0) is 8.77. The van der Waals surface area contributed by atoms with E-state index in [1.54, 1.807) is 0 Å². The van der Waals surface area contributed by atoms with Crippen molar-refractivity contribution in [2.24, 2.45) is 5.73 Å². The topological polar surface area (TPSA) is 26.0 Å². The van der Waals surface area contributed by atoms with Gasteiger partial charge in [-0.1, -0.05) is 0 Å². The highest BCUT2D eigenvalue weighted by atomic mass is 32.1. The van der Waals surface area contributed by atoms with Crippen molar-refractivity contribution in [3.63, 3.8) is 0 Å². The molecule has 66 valence electrons. The molecule has 1 nitrogen and oxygen atoms in total. The van der Waals surface area contributed by atoms with Gasteiger partial charge in [0.1, 0.15) is 0 Å². The van der Waals surface area contributed by atoms with Crippen molar-refractivity contribution >= 4 is 11.3 Å². The first-order chi connectivity index (χ1) is 5.59. The Balaban J connectivity index is 2.17. The van der Waals surface area contributed by atoms with E-state index in [4.69, 9.17) is 5.73 Å². The van der Waals surface area contributed by atoms with Gasteiger partial charge < -0.3 is 5.73 Å². The van der Waals surface area contributed by atoms with Crippen molar-refractivity contribution in [1.82, 2.24) is 0 Å². The van der Waals surface area contributed by atoms with Gasteiger partial charge in [0.15, 0.2) is 0 Å². The molecule has 0 aromatic carbocycles. The Morgan fingerprint density at radius 3 is 2.58 bits per heavy atom. The first-order valence-corrected chi connectivity index (χ1v) is 5.25. The van der Waals surface area contributed by atoms with Gasteiger partial charge in [0.2, 0.25) is 0 Å². The fourth-order valence-corrected chi connectivity index (χ4v) is 2.52. The van der Waals surface area contributed by atoms with E-state index in [-0.39, 0.29) is 5.54 Å². The maximum absolute atomic E-state index is 6.06. The molecule has 1 aliphatic carbocycles. The van der Waals surface area contributed by atoms with Gasteiger partial charge in [0, 0.05) is 15.3 Å². The molecule has 1 aliphatic rings. The van der Waals surface area contributed by atoms with Crippen LogP contribution in [0, 0.1) is 13.8 Å². The first-order valence-electron chi connectivity index (χ1n) is 4.44. The number of aryl methyl sites for hydroxylation is 2. The summed E-state index contributed by atoms with van der Waals surface area (Å²) in [4.78, 5) is 2.86. The summed E-state index contributed by atoms with van der Waals surface area (Å²) in [5.74, 6) is 0. The minimum Gasteiger partial charge on any atom is -0.325 e. The molecule has 0 saturated heterocycles. The van der Waals surface area contributed by atoms with Crippen molar-refractivity contribution in [1.29, 1.82) is 0 Å². The van der Waals surface area contributed by atoms with Crippen LogP contribution < -0.4 is 5.73 Å². The third-order valence-corrected chi connectivity index (χ3v) is 3.59. The summed E-state index contributed by atoms with van der Waals surface area (Å²) in [6, 6.07) is 2.28. The monoisotopic (exact) mass is 181 g/mol. The predicted molar refractivity (Wildman–Crippen MR) is 53.6 cm³/mol. The summed E-state index contributed by atoms with van der Waals surface area (Å²) in [6.45, 7) is 4.36. The molecule has 12 heavy (non-hydrogen) atoms. The standard InChI is InChI=1S/C10H15NS/c1-7-5-9(8(2)12-7)6-10(11)3-4-10/h5H,3-4,6,11H2,1-2H3. The van der Waals surface area contributed by atoms with E-state index in [2.05, 4.69) is 19.9 Å². The van der Waals surface area contributed by atoms with Crippen LogP contribution in [0.25, 0.3) is 0 Å². The van der Waals surface area contributed by atoms with Crippen LogP contribution >= 0.6 is 11.3 Å². The Morgan fingerprint density at radius 2 is 2.17 bits per heavy atom. The molecule has 0 amide bonds. The minimum atomic E-state index is 0.165. The van der Waals surface area contributed by atoms with Gasteiger partial charge in [0.05, 0.1) is 0 Å². The van der Waals surface area contributed by atoms with E-state index in [0.29, 0.717) is 0 Å². The maximum Gasteiger partial charge on any atom is 0.0196 e. The summed E-state index contributed by atoms with van der Waals surface area (Å²) >= 11 is 1.88. The summed E-state index contributed by atoms with van der Waals surface area (Å²) in [5, 5.41) is 0. The molecule has 2 heteroatoms. The summed E-state index contributed by atoms with van der Waals surface area (Å²) < 4.78 is 0. The zero-order valence-corrected chi connectivity index (χ0v) is 8.50. The maximum atomic E-state index is 6.06. The molecule has 0 aliphatic heterocycles. The Morgan fingerprint density at radius 1 is 1.50 bits per heavy atom. The number of hydrogen-bond acceptors (Lipinski definition) is 2. The Bertz CT molecular complexity index is 297. The molecule has 2 N–H and O–H groups in total. The number of rotatable bonds is 2. The van der Waals surface area contributed by atoms with Gasteiger partial charge in [-0.05, 0) is 44.7 Å². The average Bonchev–Trinajstić information content (AvgIpc) is 2.58. The van der Waals surface area contributed by atoms with Crippen molar-refractivity contribution in [3.05, 3.63) is 21.4 Å². The van der Waals surface area contributed by atoms with E-state index < -0.39 is 0 Å². The first kappa shape index (κ1) is 8.27. The molecule has 2 rings (SSSR count). The van der Waals surface area contributed by atoms with Crippen LogP contribution in [0.1, 0.15) is 28.2 Å². The van der Waals surface area contributed by atoms with Crippen LogP contribution in [0.4, 0.5) is 0 Å². The van der Waals surface area contributed by atoms with Crippen LogP contribution in [0.15, 0.2) is 6.07 Å². The van der Waals surface area contributed by atoms with Crippen molar-refractivity contribution in [3.8, 4) is 0 Å². The predicted octanol–water partition coefficient (Wildman–Crippen LogP) is 2.40. The van der Waals surface area contributed by atoms with Crippen molar-refractivity contribution in [2.75, 3.05) is 0 Å². The normalized spacial score (nSPS) is 19.6. The largest absolute Gasteiger partial charge is 0.325 e. The molecule has 0 atom stereocenters. The minimum absolute atomic E-state index is 0.165. The van der Waals surface area contributed by atoms with Crippen molar-refractivity contribution in [2.45, 2.75) is 38.6 Å². The number of nitrogens with two attached hydrogens (primary N) is 1. The van der Waals surface area contributed by atoms with E-state index >= 15 is 0 Å². The van der Waals surface area contributed by atoms with Gasteiger partial charge in [-0.25, -0.2) is 0 Å². The molecule has 1 saturated carbocycles. The second-order valence-corrected chi connectivity index (χ2v) is 5.44. The molecule has 1 fully saturated rings. The molecular weight excluding hydrogens is 166 g/mol. The summed E-state index contributed by atoms with van der Waals surface area (Å²) in [6.07, 6.45) is 3.51. The lowest BCUT2D eigenvalue weighted by Crippen LogP contribution is -2.24. The third-order valence-electron chi connectivity index (χ3n) is 2.58. The molecule has 0 spiro atoms. The van der Waals surface area contributed by atoms with Crippen LogP contribution in [0.5, 0.6) is 0 Å². The second-order valence-electron chi connectivity index (χ2n) is 3.98. The summed E-state index contributed by atoms with van der Waals surface area (Å²) in [5.41, 5.74) is 7.70. The van der Waals surface area contributed by atoms with Gasteiger partial charge in [0.25, 0.3) is 0 Å². The van der Waals surface area contributed by atoms with Gasteiger partial charge >= 0.3 is 0 Å². The van der Waals surface area contributed by atoms with Crippen LogP contribution in [0.2, 0.25) is 0 Å². The highest BCUT2D eigenvalue weighted by molar-refractivity contribution is 7.12. The second kappa shape index (κ2) is 2.57. The molecule has 0 unspecified atom stereocenters. The fraction of sp³-hybridized carbons (Fsp3) is 0.600. The molecule has 1 heterocycles. The molecule has 0 bridgehead atoms. The van der Waals surface area contributed by atoms with Gasteiger partial charge in [-0.15, -0.1) is 11.3 Å². The van der Waals surface area contributed by atoms with Crippen LogP contribution in [0.3, 0.4) is 0 Å². The highest BCUT2D eigenvalue weighted by Gasteiger charge is 2.38. The van der Waals surface area contributed by atoms with E-state index in [9.17, 15) is 0 Å². The van der Waals surface area contributed by atoms with Crippen LogP contribution in [-0.4, -0.2) is 5.54 Å². The Labute approximate surface area is 77.6 Å². The van der Waals surface area contributed by atoms with Crippen molar-refractivity contribution < 1.29 is 0 Å². The van der Waals surface area contributed by atoms with E-state index in [0.717, 1.165) is 6.42 Å². The number of hydrogen-bond donors (Lipinski definition) is 1. The quantitative estimate of drug-likeness (QED) is 0.745. The van der Waals surface area contributed by atoms with Crippen LogP contribution in [-0.2, 0) is 6.42 Å². The average molecular weight is 181 g/mol. The van der Waals surface area contributed by atoms with E-state index in [1.165, 1.54) is 28.2 Å². The van der Waals surface area contributed by atoms with E-state index in [1.807, 2.05) is 11.3 Å².